The van der Waals surface area contributed by atoms with Crippen molar-refractivity contribution in [3.05, 3.63) is 0 Å². The maximum Gasteiger partial charge on any atom is 0.411 e. The molecule has 5 heteroatoms. The summed E-state index contributed by atoms with van der Waals surface area (Å²) in [5.41, 5.74) is -0.542. The van der Waals surface area contributed by atoms with Gasteiger partial charge in [0.25, 0.3) is 0 Å². The highest BCUT2D eigenvalue weighted by Crippen LogP contribution is 2.43. The molecule has 1 amide bonds. The van der Waals surface area contributed by atoms with Gasteiger partial charge < -0.3 is 9.47 Å². The van der Waals surface area contributed by atoms with Crippen molar-refractivity contribution in [3.63, 3.8) is 0 Å². The van der Waals surface area contributed by atoms with E-state index in [1.807, 2.05) is 20.8 Å². The Morgan fingerprint density at radius 2 is 1.89 bits per heavy atom. The minimum atomic E-state index is -0.542. The molecule has 0 aromatic heterocycles. The molecule has 0 unspecified atom stereocenters. The van der Waals surface area contributed by atoms with Crippen LogP contribution in [-0.2, 0) is 14.3 Å². The lowest BCUT2D eigenvalue weighted by molar-refractivity contribution is -0.148. The largest absolute Gasteiger partial charge is 0.467 e. The monoisotopic (exact) mass is 255 g/mol. The van der Waals surface area contributed by atoms with E-state index in [1.54, 1.807) is 4.90 Å². The number of nitrogens with zero attached hydrogens (tertiary/aromatic N) is 1. The van der Waals surface area contributed by atoms with Gasteiger partial charge in [-0.05, 0) is 46.0 Å². The minimum Gasteiger partial charge on any atom is -0.467 e. The molecule has 18 heavy (non-hydrogen) atoms. The highest BCUT2D eigenvalue weighted by Gasteiger charge is 2.53. The summed E-state index contributed by atoms with van der Waals surface area (Å²) < 4.78 is 10.2. The highest BCUT2D eigenvalue weighted by molar-refractivity contribution is 5.83. The first-order valence-corrected chi connectivity index (χ1v) is 6.42. The summed E-state index contributed by atoms with van der Waals surface area (Å²) in [6, 6.07) is -0.322. The van der Waals surface area contributed by atoms with Crippen molar-refractivity contribution in [3.8, 4) is 0 Å². The zero-order valence-electron chi connectivity index (χ0n) is 11.4. The summed E-state index contributed by atoms with van der Waals surface area (Å²) in [7, 11) is 1.36. The normalized spacial score (nSPS) is 30.4. The van der Waals surface area contributed by atoms with Crippen molar-refractivity contribution in [2.45, 2.75) is 57.7 Å². The Bertz CT molecular complexity index is 360. The van der Waals surface area contributed by atoms with E-state index >= 15 is 0 Å². The molecule has 1 saturated carbocycles. The molecule has 0 N–H and O–H groups in total. The van der Waals surface area contributed by atoms with E-state index in [0.29, 0.717) is 0 Å². The quantitative estimate of drug-likeness (QED) is 0.672. The molecule has 0 aromatic rings. The Balaban J connectivity index is 2.14. The first-order valence-electron chi connectivity index (χ1n) is 6.42. The van der Waals surface area contributed by atoms with E-state index < -0.39 is 17.7 Å². The number of methoxy groups -OCH3 is 1. The molecule has 1 heterocycles. The third kappa shape index (κ3) is 2.31. The molecule has 1 aliphatic heterocycles. The molecule has 0 aromatic carbocycles. The summed E-state index contributed by atoms with van der Waals surface area (Å²) in [6.45, 7) is 5.48. The molecule has 5 nitrogen and oxygen atoms in total. The molecular weight excluding hydrogens is 234 g/mol. The van der Waals surface area contributed by atoms with Crippen molar-refractivity contribution >= 4 is 12.1 Å². The molecule has 2 fully saturated rings. The lowest BCUT2D eigenvalue weighted by Gasteiger charge is -2.34. The van der Waals surface area contributed by atoms with Crippen molar-refractivity contribution in [2.24, 2.45) is 5.92 Å². The van der Waals surface area contributed by atoms with E-state index in [4.69, 9.17) is 9.47 Å². The molecule has 0 radical (unpaired) electrons. The summed E-state index contributed by atoms with van der Waals surface area (Å²) in [5, 5.41) is 0. The first kappa shape index (κ1) is 13.2. The van der Waals surface area contributed by atoms with Crippen molar-refractivity contribution < 1.29 is 19.1 Å². The molecule has 102 valence electrons. The number of esters is 1. The first-order chi connectivity index (χ1) is 8.33. The van der Waals surface area contributed by atoms with Gasteiger partial charge in [-0.3, -0.25) is 4.90 Å². The van der Waals surface area contributed by atoms with Crippen LogP contribution in [0.4, 0.5) is 4.79 Å². The SMILES string of the molecule is COC(=O)[C@H]1[C@@H]2CC[C@@H](C2)N1C(=O)OC(C)(C)C. The van der Waals surface area contributed by atoms with Crippen molar-refractivity contribution in [1.82, 2.24) is 4.90 Å². The van der Waals surface area contributed by atoms with Gasteiger partial charge in [0.1, 0.15) is 11.6 Å². The van der Waals surface area contributed by atoms with Gasteiger partial charge in [0, 0.05) is 6.04 Å². The molecule has 0 spiro atoms. The van der Waals surface area contributed by atoms with Crippen LogP contribution < -0.4 is 0 Å². The lowest BCUT2D eigenvalue weighted by atomic mass is 9.99. The smallest absolute Gasteiger partial charge is 0.411 e. The van der Waals surface area contributed by atoms with Gasteiger partial charge in [0.15, 0.2) is 0 Å². The number of hydrogen-bond donors (Lipinski definition) is 0. The Morgan fingerprint density at radius 3 is 2.44 bits per heavy atom. The predicted octanol–water partition coefficient (Wildman–Crippen LogP) is 1.95. The average molecular weight is 255 g/mol. The van der Waals surface area contributed by atoms with E-state index in [2.05, 4.69) is 0 Å². The van der Waals surface area contributed by atoms with Crippen LogP contribution in [0.2, 0.25) is 0 Å². The van der Waals surface area contributed by atoms with Crippen molar-refractivity contribution in [2.75, 3.05) is 7.11 Å². The van der Waals surface area contributed by atoms with Gasteiger partial charge in [-0.15, -0.1) is 0 Å². The van der Waals surface area contributed by atoms with E-state index in [-0.39, 0.29) is 17.9 Å². The topological polar surface area (TPSA) is 55.8 Å². The second-order valence-corrected chi connectivity index (χ2v) is 6.08. The number of hydrogen-bond acceptors (Lipinski definition) is 4. The van der Waals surface area contributed by atoms with Crippen molar-refractivity contribution in [1.29, 1.82) is 0 Å². The van der Waals surface area contributed by atoms with Crippen LogP contribution in [0.3, 0.4) is 0 Å². The third-order valence-corrected chi connectivity index (χ3v) is 3.63. The number of piperidine rings is 1. The Hall–Kier alpha value is -1.26. The zero-order valence-corrected chi connectivity index (χ0v) is 11.4. The number of fused-ring (bicyclic) bond motifs is 2. The van der Waals surface area contributed by atoms with Crippen LogP contribution in [0, 0.1) is 5.92 Å². The molecular formula is C13H21NO4. The maximum absolute atomic E-state index is 12.2. The second-order valence-electron chi connectivity index (χ2n) is 6.08. The van der Waals surface area contributed by atoms with Gasteiger partial charge in [0.05, 0.1) is 7.11 Å². The van der Waals surface area contributed by atoms with E-state index in [0.717, 1.165) is 19.3 Å². The van der Waals surface area contributed by atoms with Gasteiger partial charge >= 0.3 is 12.1 Å². The fourth-order valence-electron chi connectivity index (χ4n) is 2.99. The molecule has 2 rings (SSSR count). The van der Waals surface area contributed by atoms with E-state index in [1.165, 1.54) is 7.11 Å². The molecule has 2 aliphatic rings. The van der Waals surface area contributed by atoms with E-state index in [9.17, 15) is 9.59 Å². The van der Waals surface area contributed by atoms with Crippen LogP contribution in [0.5, 0.6) is 0 Å². The van der Waals surface area contributed by atoms with Gasteiger partial charge in [-0.25, -0.2) is 9.59 Å². The summed E-state index contributed by atoms with van der Waals surface area (Å²) in [5.74, 6) is -0.0944. The van der Waals surface area contributed by atoms with Gasteiger partial charge in [-0.1, -0.05) is 0 Å². The van der Waals surface area contributed by atoms with Crippen LogP contribution >= 0.6 is 0 Å². The van der Waals surface area contributed by atoms with Crippen LogP contribution in [0.25, 0.3) is 0 Å². The fraction of sp³-hybridized carbons (Fsp3) is 0.846. The number of likely N-dealkylation sites (tertiary alicyclic amines) is 1. The predicted molar refractivity (Wildman–Crippen MR) is 65.0 cm³/mol. The number of rotatable bonds is 1. The van der Waals surface area contributed by atoms with Crippen LogP contribution in [0.1, 0.15) is 40.0 Å². The Labute approximate surface area is 107 Å². The summed E-state index contributed by atoms with van der Waals surface area (Å²) in [4.78, 5) is 25.6. The summed E-state index contributed by atoms with van der Waals surface area (Å²) >= 11 is 0. The second kappa shape index (κ2) is 4.44. The molecule has 2 bridgehead atoms. The minimum absolute atomic E-state index is 0.133. The number of ether oxygens (including phenoxy) is 2. The van der Waals surface area contributed by atoms with Crippen LogP contribution in [0.15, 0.2) is 0 Å². The number of carbonyl (C=O) groups is 2. The Morgan fingerprint density at radius 1 is 1.22 bits per heavy atom. The van der Waals surface area contributed by atoms with Gasteiger partial charge in [-0.2, -0.15) is 0 Å². The fourth-order valence-corrected chi connectivity index (χ4v) is 2.99. The summed E-state index contributed by atoms with van der Waals surface area (Å²) in [6.07, 6.45) is 2.44. The average Bonchev–Trinajstić information content (AvgIpc) is 2.84. The zero-order chi connectivity index (χ0) is 13.5. The highest BCUT2D eigenvalue weighted by atomic mass is 16.6. The third-order valence-electron chi connectivity index (χ3n) is 3.63. The lowest BCUT2D eigenvalue weighted by Crippen LogP contribution is -2.51. The number of amides is 1. The van der Waals surface area contributed by atoms with Crippen LogP contribution in [-0.4, -0.2) is 41.8 Å². The molecule has 1 aliphatic carbocycles. The van der Waals surface area contributed by atoms with Gasteiger partial charge in [0.2, 0.25) is 0 Å². The molecule has 1 saturated heterocycles. The Kier molecular flexibility index (Phi) is 3.25. The number of carbonyl (C=O) groups excluding carboxylic acids is 2. The maximum atomic E-state index is 12.2. The molecule has 3 atom stereocenters. The standard InChI is InChI=1S/C13H21NO4/c1-13(2,3)18-12(16)14-9-6-5-8(7-9)10(14)11(15)17-4/h8-10H,5-7H2,1-4H3/t8-,9+,10-/m1/s1.